The molecular formula is C19H17ClN4O. The Morgan fingerprint density at radius 2 is 1.96 bits per heavy atom. The van der Waals surface area contributed by atoms with Crippen LogP contribution in [0.15, 0.2) is 60.9 Å². The molecule has 5 nitrogen and oxygen atoms in total. The van der Waals surface area contributed by atoms with Crippen molar-refractivity contribution < 1.29 is 4.79 Å². The molecule has 3 aromatic rings. The second kappa shape index (κ2) is 7.77. The Morgan fingerprint density at radius 1 is 1.08 bits per heavy atom. The summed E-state index contributed by atoms with van der Waals surface area (Å²) >= 11 is 6.13. The van der Waals surface area contributed by atoms with Crippen LogP contribution in [-0.4, -0.2) is 15.9 Å². The first kappa shape index (κ1) is 16.9. The fourth-order valence-corrected chi connectivity index (χ4v) is 2.41. The van der Waals surface area contributed by atoms with E-state index in [4.69, 9.17) is 11.6 Å². The van der Waals surface area contributed by atoms with E-state index < -0.39 is 0 Å². The van der Waals surface area contributed by atoms with Gasteiger partial charge in [0.1, 0.15) is 5.82 Å². The van der Waals surface area contributed by atoms with Gasteiger partial charge in [0.15, 0.2) is 0 Å². The highest BCUT2D eigenvalue weighted by atomic mass is 35.5. The number of anilines is 2. The standard InChI is InChI=1S/C19H17ClN4O/c1-13-5-6-15(11-17(13)20)24-18-10-14(7-9-22-18)19(25)23-12-16-4-2-3-8-21-16/h2-11H,12H2,1H3,(H,22,24)(H,23,25). The summed E-state index contributed by atoms with van der Waals surface area (Å²) in [5, 5.41) is 6.67. The molecule has 2 heterocycles. The van der Waals surface area contributed by atoms with Gasteiger partial charge in [-0.2, -0.15) is 0 Å². The maximum absolute atomic E-state index is 12.3. The Balaban J connectivity index is 1.68. The monoisotopic (exact) mass is 352 g/mol. The largest absolute Gasteiger partial charge is 0.346 e. The molecule has 2 N–H and O–H groups in total. The minimum absolute atomic E-state index is 0.182. The number of hydrogen-bond acceptors (Lipinski definition) is 4. The van der Waals surface area contributed by atoms with Gasteiger partial charge in [-0.05, 0) is 48.9 Å². The van der Waals surface area contributed by atoms with Crippen molar-refractivity contribution in [2.45, 2.75) is 13.5 Å². The lowest BCUT2D eigenvalue weighted by Crippen LogP contribution is -2.23. The van der Waals surface area contributed by atoms with Gasteiger partial charge < -0.3 is 10.6 Å². The van der Waals surface area contributed by atoms with Crippen LogP contribution in [0.4, 0.5) is 11.5 Å². The molecular weight excluding hydrogens is 336 g/mol. The number of hydrogen-bond donors (Lipinski definition) is 2. The third-order valence-corrected chi connectivity index (χ3v) is 4.03. The van der Waals surface area contributed by atoms with Crippen molar-refractivity contribution in [3.8, 4) is 0 Å². The third kappa shape index (κ3) is 4.55. The molecule has 0 aliphatic rings. The second-order valence-corrected chi connectivity index (χ2v) is 5.93. The molecule has 0 aliphatic heterocycles. The van der Waals surface area contributed by atoms with Gasteiger partial charge in [0, 0.05) is 28.7 Å². The van der Waals surface area contributed by atoms with Gasteiger partial charge in [-0.1, -0.05) is 23.7 Å². The van der Waals surface area contributed by atoms with E-state index in [9.17, 15) is 4.79 Å². The molecule has 0 aliphatic carbocycles. The molecule has 0 bridgehead atoms. The number of halogens is 1. The van der Waals surface area contributed by atoms with Gasteiger partial charge >= 0.3 is 0 Å². The molecule has 0 atom stereocenters. The molecule has 25 heavy (non-hydrogen) atoms. The molecule has 126 valence electrons. The predicted molar refractivity (Wildman–Crippen MR) is 99.1 cm³/mol. The van der Waals surface area contributed by atoms with Crippen molar-refractivity contribution in [3.05, 3.63) is 82.8 Å². The topological polar surface area (TPSA) is 66.9 Å². The second-order valence-electron chi connectivity index (χ2n) is 5.52. The zero-order valence-corrected chi connectivity index (χ0v) is 14.4. The first-order chi connectivity index (χ1) is 12.1. The van der Waals surface area contributed by atoms with E-state index in [0.717, 1.165) is 16.9 Å². The number of nitrogens with zero attached hydrogens (tertiary/aromatic N) is 2. The van der Waals surface area contributed by atoms with Crippen molar-refractivity contribution in [1.29, 1.82) is 0 Å². The molecule has 0 saturated carbocycles. The number of nitrogens with one attached hydrogen (secondary N) is 2. The molecule has 0 saturated heterocycles. The van der Waals surface area contributed by atoms with Crippen LogP contribution < -0.4 is 10.6 Å². The fraction of sp³-hybridized carbons (Fsp3) is 0.105. The summed E-state index contributed by atoms with van der Waals surface area (Å²) in [5.41, 5.74) is 3.14. The third-order valence-electron chi connectivity index (χ3n) is 3.62. The van der Waals surface area contributed by atoms with E-state index in [2.05, 4.69) is 20.6 Å². The molecule has 1 aromatic carbocycles. The van der Waals surface area contributed by atoms with E-state index in [1.807, 2.05) is 43.3 Å². The van der Waals surface area contributed by atoms with Crippen LogP contribution in [0.2, 0.25) is 5.02 Å². The summed E-state index contributed by atoms with van der Waals surface area (Å²) in [5.74, 6) is 0.392. The van der Waals surface area contributed by atoms with Gasteiger partial charge in [0.2, 0.25) is 0 Å². The van der Waals surface area contributed by atoms with Crippen LogP contribution in [0.25, 0.3) is 0 Å². The summed E-state index contributed by atoms with van der Waals surface area (Å²) in [6.45, 7) is 2.31. The van der Waals surface area contributed by atoms with Crippen LogP contribution in [0.1, 0.15) is 21.6 Å². The Labute approximate surface area is 151 Å². The number of aryl methyl sites for hydroxylation is 1. The Kier molecular flexibility index (Phi) is 5.26. The van der Waals surface area contributed by atoms with E-state index in [0.29, 0.717) is 22.9 Å². The Morgan fingerprint density at radius 3 is 2.72 bits per heavy atom. The lowest BCUT2D eigenvalue weighted by molar-refractivity contribution is 0.0950. The maximum Gasteiger partial charge on any atom is 0.251 e. The van der Waals surface area contributed by atoms with Crippen molar-refractivity contribution in [2.75, 3.05) is 5.32 Å². The highest BCUT2D eigenvalue weighted by Gasteiger charge is 2.08. The summed E-state index contributed by atoms with van der Waals surface area (Å²) in [6, 6.07) is 14.6. The van der Waals surface area contributed by atoms with Crippen molar-refractivity contribution in [3.63, 3.8) is 0 Å². The number of carbonyl (C=O) groups excluding carboxylic acids is 1. The first-order valence-corrected chi connectivity index (χ1v) is 8.17. The van der Waals surface area contributed by atoms with Gasteiger partial charge in [0.25, 0.3) is 5.91 Å². The van der Waals surface area contributed by atoms with Crippen molar-refractivity contribution in [1.82, 2.24) is 15.3 Å². The van der Waals surface area contributed by atoms with Gasteiger partial charge in [0.05, 0.1) is 12.2 Å². The highest BCUT2D eigenvalue weighted by Crippen LogP contribution is 2.22. The summed E-state index contributed by atoms with van der Waals surface area (Å²) in [7, 11) is 0. The Bertz CT molecular complexity index is 884. The molecule has 0 unspecified atom stereocenters. The average molecular weight is 353 g/mol. The predicted octanol–water partition coefficient (Wildman–Crippen LogP) is 4.11. The van der Waals surface area contributed by atoms with Crippen molar-refractivity contribution >= 4 is 29.0 Å². The maximum atomic E-state index is 12.3. The lowest BCUT2D eigenvalue weighted by atomic mass is 10.2. The normalized spacial score (nSPS) is 10.3. The van der Waals surface area contributed by atoms with Gasteiger partial charge in [-0.15, -0.1) is 0 Å². The molecule has 2 aromatic heterocycles. The van der Waals surface area contributed by atoms with Crippen LogP contribution in [0.5, 0.6) is 0 Å². The molecule has 1 amide bonds. The minimum atomic E-state index is -0.182. The summed E-state index contributed by atoms with van der Waals surface area (Å²) in [6.07, 6.45) is 3.29. The van der Waals surface area contributed by atoms with Crippen LogP contribution in [0, 0.1) is 6.92 Å². The number of pyridine rings is 2. The van der Waals surface area contributed by atoms with Crippen LogP contribution in [0.3, 0.4) is 0 Å². The molecule has 0 spiro atoms. The van der Waals surface area contributed by atoms with E-state index in [1.54, 1.807) is 24.5 Å². The summed E-state index contributed by atoms with van der Waals surface area (Å²) in [4.78, 5) is 20.7. The summed E-state index contributed by atoms with van der Waals surface area (Å²) < 4.78 is 0. The number of aromatic nitrogens is 2. The number of rotatable bonds is 5. The number of amides is 1. The number of carbonyl (C=O) groups is 1. The van der Waals surface area contributed by atoms with Crippen LogP contribution in [-0.2, 0) is 6.54 Å². The molecule has 3 rings (SSSR count). The first-order valence-electron chi connectivity index (χ1n) is 7.79. The minimum Gasteiger partial charge on any atom is -0.346 e. The zero-order valence-electron chi connectivity index (χ0n) is 13.7. The zero-order chi connectivity index (χ0) is 17.6. The van der Waals surface area contributed by atoms with Crippen molar-refractivity contribution in [2.24, 2.45) is 0 Å². The average Bonchev–Trinajstić information content (AvgIpc) is 2.64. The van der Waals surface area contributed by atoms with Gasteiger partial charge in [-0.25, -0.2) is 4.98 Å². The smallest absolute Gasteiger partial charge is 0.251 e. The fourth-order valence-electron chi connectivity index (χ4n) is 2.23. The van der Waals surface area contributed by atoms with Crippen LogP contribution >= 0.6 is 11.6 Å². The highest BCUT2D eigenvalue weighted by molar-refractivity contribution is 6.31. The molecule has 6 heteroatoms. The molecule has 0 radical (unpaired) electrons. The molecule has 0 fully saturated rings. The van der Waals surface area contributed by atoms with Gasteiger partial charge in [-0.3, -0.25) is 9.78 Å². The van der Waals surface area contributed by atoms with E-state index in [-0.39, 0.29) is 5.91 Å². The van der Waals surface area contributed by atoms with E-state index >= 15 is 0 Å². The quantitative estimate of drug-likeness (QED) is 0.725. The van der Waals surface area contributed by atoms with E-state index in [1.165, 1.54) is 0 Å². The Hall–Kier alpha value is -2.92. The number of benzene rings is 1. The SMILES string of the molecule is Cc1ccc(Nc2cc(C(=O)NCc3ccccn3)ccn2)cc1Cl. The lowest BCUT2D eigenvalue weighted by Gasteiger charge is -2.09.